The molecule has 0 aromatic heterocycles. The van der Waals surface area contributed by atoms with Crippen molar-refractivity contribution in [3.8, 4) is 5.75 Å². The van der Waals surface area contributed by atoms with Crippen LogP contribution in [0.25, 0.3) is 0 Å². The summed E-state index contributed by atoms with van der Waals surface area (Å²) >= 11 is 0. The topological polar surface area (TPSA) is 84.5 Å². The van der Waals surface area contributed by atoms with E-state index in [2.05, 4.69) is 17.0 Å². The van der Waals surface area contributed by atoms with Crippen LogP contribution in [0.4, 0.5) is 11.4 Å². The molecule has 0 unspecified atom stereocenters. The van der Waals surface area contributed by atoms with E-state index in [9.17, 15) is 13.2 Å². The molecule has 1 aromatic rings. The Hall–Kier alpha value is -1.76. The quantitative estimate of drug-likeness (QED) is 0.591. The van der Waals surface area contributed by atoms with Crippen LogP contribution in [0.15, 0.2) is 18.2 Å². The summed E-state index contributed by atoms with van der Waals surface area (Å²) in [5.41, 5.74) is 0.843. The van der Waals surface area contributed by atoms with Gasteiger partial charge in [0.2, 0.25) is 15.9 Å². The van der Waals surface area contributed by atoms with Crippen molar-refractivity contribution < 1.29 is 17.9 Å². The number of benzene rings is 1. The molecular weight excluding hydrogens is 328 g/mol. The molecule has 0 saturated carbocycles. The maximum absolute atomic E-state index is 12.0. The number of nitrogens with one attached hydrogen (secondary N) is 2. The Kier molecular flexibility index (Phi) is 8.60. The first-order valence-electron chi connectivity index (χ1n) is 8.31. The fraction of sp³-hybridized carbons (Fsp3) is 0.588. The van der Waals surface area contributed by atoms with Crippen molar-refractivity contribution in [1.29, 1.82) is 0 Å². The van der Waals surface area contributed by atoms with Gasteiger partial charge in [0.25, 0.3) is 0 Å². The highest BCUT2D eigenvalue weighted by Gasteiger charge is 2.10. The number of unbranched alkanes of at least 4 members (excludes halogenated alkanes) is 5. The molecule has 7 heteroatoms. The Labute approximate surface area is 145 Å². The third-order valence-electron chi connectivity index (χ3n) is 3.54. The normalized spacial score (nSPS) is 11.1. The minimum Gasteiger partial charge on any atom is -0.495 e. The molecule has 1 rings (SSSR count). The average Bonchev–Trinajstić information content (AvgIpc) is 2.49. The smallest absolute Gasteiger partial charge is 0.229 e. The molecule has 136 valence electrons. The molecular formula is C17H28N2O4S. The second-order valence-corrected chi connectivity index (χ2v) is 7.60. The van der Waals surface area contributed by atoms with Crippen molar-refractivity contribution in [2.75, 3.05) is 23.4 Å². The van der Waals surface area contributed by atoms with Crippen molar-refractivity contribution in [3.63, 3.8) is 0 Å². The Balaban J connectivity index is 2.55. The van der Waals surface area contributed by atoms with Gasteiger partial charge in [0, 0.05) is 12.1 Å². The fourth-order valence-corrected chi connectivity index (χ4v) is 2.91. The van der Waals surface area contributed by atoms with Crippen molar-refractivity contribution in [3.05, 3.63) is 18.2 Å². The van der Waals surface area contributed by atoms with Crippen LogP contribution < -0.4 is 14.8 Å². The largest absolute Gasteiger partial charge is 0.495 e. The maximum Gasteiger partial charge on any atom is 0.229 e. The lowest BCUT2D eigenvalue weighted by Gasteiger charge is -2.12. The third-order valence-corrected chi connectivity index (χ3v) is 4.13. The maximum atomic E-state index is 12.0. The number of methoxy groups -OCH3 is 1. The highest BCUT2D eigenvalue weighted by Crippen LogP contribution is 2.28. The molecule has 6 nitrogen and oxygen atoms in total. The molecule has 1 aromatic carbocycles. The average molecular weight is 356 g/mol. The monoisotopic (exact) mass is 356 g/mol. The van der Waals surface area contributed by atoms with Gasteiger partial charge >= 0.3 is 0 Å². The van der Waals surface area contributed by atoms with Crippen molar-refractivity contribution in [1.82, 2.24) is 0 Å². The van der Waals surface area contributed by atoms with E-state index in [0.717, 1.165) is 25.5 Å². The number of sulfonamides is 1. The summed E-state index contributed by atoms with van der Waals surface area (Å²) in [5.74, 6) is 0.329. The zero-order valence-electron chi connectivity index (χ0n) is 14.7. The molecule has 0 spiro atoms. The summed E-state index contributed by atoms with van der Waals surface area (Å²) in [6.45, 7) is 2.18. The number of carbonyl (C=O) groups is 1. The minimum atomic E-state index is -3.42. The molecule has 0 bridgehead atoms. The standard InChI is InChI=1S/C17H28N2O4S/c1-4-5-6-7-8-9-10-17(20)18-14-11-12-16(23-2)15(13-14)19-24(3,21)22/h11-13,19H,4-10H2,1-3H3,(H,18,20). The molecule has 0 aliphatic carbocycles. The fourth-order valence-electron chi connectivity index (χ4n) is 2.35. The first kappa shape index (κ1) is 20.3. The highest BCUT2D eigenvalue weighted by atomic mass is 32.2. The van der Waals surface area contributed by atoms with Gasteiger partial charge in [-0.2, -0.15) is 0 Å². The van der Waals surface area contributed by atoms with Gasteiger partial charge in [-0.25, -0.2) is 8.42 Å². The van der Waals surface area contributed by atoms with Crippen molar-refractivity contribution in [2.45, 2.75) is 51.9 Å². The van der Waals surface area contributed by atoms with E-state index in [4.69, 9.17) is 4.74 Å². The van der Waals surface area contributed by atoms with Crippen LogP contribution in [0.2, 0.25) is 0 Å². The first-order valence-corrected chi connectivity index (χ1v) is 10.2. The van der Waals surface area contributed by atoms with E-state index in [1.807, 2.05) is 0 Å². The lowest BCUT2D eigenvalue weighted by molar-refractivity contribution is -0.116. The van der Waals surface area contributed by atoms with Crippen LogP contribution >= 0.6 is 0 Å². The van der Waals surface area contributed by atoms with E-state index in [1.165, 1.54) is 26.4 Å². The van der Waals surface area contributed by atoms with E-state index in [0.29, 0.717) is 23.5 Å². The second-order valence-electron chi connectivity index (χ2n) is 5.86. The molecule has 0 radical (unpaired) electrons. The van der Waals surface area contributed by atoms with Gasteiger partial charge in [-0.05, 0) is 24.6 Å². The number of hydrogen-bond donors (Lipinski definition) is 2. The number of rotatable bonds is 11. The Morgan fingerprint density at radius 1 is 1.12 bits per heavy atom. The van der Waals surface area contributed by atoms with E-state index < -0.39 is 10.0 Å². The molecule has 0 aliphatic rings. The third kappa shape index (κ3) is 8.19. The van der Waals surface area contributed by atoms with Gasteiger partial charge in [0.15, 0.2) is 0 Å². The molecule has 0 heterocycles. The Bertz CT molecular complexity index is 629. The summed E-state index contributed by atoms with van der Waals surface area (Å²) < 4.78 is 30.3. The predicted molar refractivity (Wildman–Crippen MR) is 98.1 cm³/mol. The van der Waals surface area contributed by atoms with Gasteiger partial charge in [0.05, 0.1) is 19.1 Å². The highest BCUT2D eigenvalue weighted by molar-refractivity contribution is 7.92. The van der Waals surface area contributed by atoms with Gasteiger partial charge in [-0.1, -0.05) is 39.0 Å². The molecule has 0 atom stereocenters. The molecule has 2 N–H and O–H groups in total. The van der Waals surface area contributed by atoms with Crippen LogP contribution in [0.3, 0.4) is 0 Å². The summed E-state index contributed by atoms with van der Waals surface area (Å²) in [7, 11) is -1.97. The van der Waals surface area contributed by atoms with Crippen molar-refractivity contribution in [2.24, 2.45) is 0 Å². The predicted octanol–water partition coefficient (Wildman–Crippen LogP) is 3.76. The number of ether oxygens (including phenoxy) is 1. The van der Waals surface area contributed by atoms with Gasteiger partial charge in [-0.15, -0.1) is 0 Å². The zero-order chi connectivity index (χ0) is 18.0. The summed E-state index contributed by atoms with van der Waals surface area (Å²) in [4.78, 5) is 12.0. The second kappa shape index (κ2) is 10.2. The number of hydrogen-bond acceptors (Lipinski definition) is 4. The Morgan fingerprint density at radius 3 is 2.42 bits per heavy atom. The van der Waals surface area contributed by atoms with Gasteiger partial charge in [-0.3, -0.25) is 9.52 Å². The molecule has 24 heavy (non-hydrogen) atoms. The number of amides is 1. The van der Waals surface area contributed by atoms with Crippen molar-refractivity contribution >= 4 is 27.3 Å². The van der Waals surface area contributed by atoms with E-state index in [1.54, 1.807) is 18.2 Å². The molecule has 0 fully saturated rings. The van der Waals surface area contributed by atoms with Crippen LogP contribution in [-0.2, 0) is 14.8 Å². The van der Waals surface area contributed by atoms with Gasteiger partial charge < -0.3 is 10.1 Å². The van der Waals surface area contributed by atoms with Crippen LogP contribution in [0.1, 0.15) is 51.9 Å². The zero-order valence-corrected chi connectivity index (χ0v) is 15.5. The summed E-state index contributed by atoms with van der Waals surface area (Å²) in [6, 6.07) is 4.86. The molecule has 0 aliphatic heterocycles. The minimum absolute atomic E-state index is 0.0686. The molecule has 0 saturated heterocycles. The Morgan fingerprint density at radius 2 is 1.79 bits per heavy atom. The first-order chi connectivity index (χ1) is 11.4. The van der Waals surface area contributed by atoms with Crippen LogP contribution in [0.5, 0.6) is 5.75 Å². The lowest BCUT2D eigenvalue weighted by atomic mass is 10.1. The number of carbonyl (C=O) groups excluding carboxylic acids is 1. The van der Waals surface area contributed by atoms with E-state index in [-0.39, 0.29) is 5.91 Å². The molecule has 1 amide bonds. The van der Waals surface area contributed by atoms with Crippen LogP contribution in [0, 0.1) is 0 Å². The summed E-state index contributed by atoms with van der Waals surface area (Å²) in [6.07, 6.45) is 8.28. The number of anilines is 2. The summed E-state index contributed by atoms with van der Waals surface area (Å²) in [5, 5.41) is 2.79. The lowest BCUT2D eigenvalue weighted by Crippen LogP contribution is -2.13. The van der Waals surface area contributed by atoms with E-state index >= 15 is 0 Å². The van der Waals surface area contributed by atoms with Gasteiger partial charge in [0.1, 0.15) is 5.75 Å². The SMILES string of the molecule is CCCCCCCCC(=O)Nc1ccc(OC)c(NS(C)(=O)=O)c1. The van der Waals surface area contributed by atoms with Crippen LogP contribution in [-0.4, -0.2) is 27.7 Å².